The topological polar surface area (TPSA) is 156 Å². The highest BCUT2D eigenvalue weighted by atomic mass is 31.0. The number of nitrogen functional groups attached to an aromatic ring is 1. The molecule has 212 valence electrons. The molecule has 10 nitrogen and oxygen atoms in total. The van der Waals surface area contributed by atoms with Gasteiger partial charge in [0, 0.05) is 54.1 Å². The fourth-order valence-corrected chi connectivity index (χ4v) is 4.42. The molecule has 1 aliphatic heterocycles. The molecule has 0 saturated carbocycles. The second-order valence-electron chi connectivity index (χ2n) is 10.4. The highest BCUT2D eigenvalue weighted by Crippen LogP contribution is 2.36. The molecule has 0 aliphatic carbocycles. The Morgan fingerprint density at radius 3 is 2.58 bits per heavy atom. The molecule has 5 rings (SSSR count). The second-order valence-corrected chi connectivity index (χ2v) is 11.1. The third-order valence-corrected chi connectivity index (χ3v) is 6.51. The molecule has 0 radical (unpaired) electrons. The third kappa shape index (κ3) is 7.14. The van der Waals surface area contributed by atoms with E-state index in [0.717, 1.165) is 5.30 Å². The number of nitrogens with one attached hydrogen (secondary N) is 2. The minimum atomic E-state index is -2.81. The molecular formula is C27H33F2N8O2P. The van der Waals surface area contributed by atoms with Gasteiger partial charge in [0.25, 0.3) is 11.8 Å². The van der Waals surface area contributed by atoms with E-state index in [1.807, 2.05) is 6.07 Å². The number of amides is 1. The number of benzene rings is 1. The minimum absolute atomic E-state index is 0.0486. The van der Waals surface area contributed by atoms with Crippen molar-refractivity contribution in [1.29, 1.82) is 0 Å². The van der Waals surface area contributed by atoms with E-state index >= 15 is 0 Å². The molecule has 4 heterocycles. The molecule has 2 unspecified atom stereocenters. The number of alkyl halides is 2. The summed E-state index contributed by atoms with van der Waals surface area (Å²) in [5.74, 6) is -2.41. The lowest BCUT2D eigenvalue weighted by molar-refractivity contribution is -0.0287. The molecule has 2 atom stereocenters. The predicted octanol–water partition coefficient (Wildman–Crippen LogP) is 2.55. The predicted molar refractivity (Wildman–Crippen MR) is 155 cm³/mol. The van der Waals surface area contributed by atoms with Crippen LogP contribution in [0.1, 0.15) is 42.4 Å². The van der Waals surface area contributed by atoms with Gasteiger partial charge < -0.3 is 27.2 Å². The standard InChI is InChI=1S/C23H22F2N7OP.C4H11NO/c24-23(25)10-15(11-27-12-23)21-31-18(19-20(26)29-7-8-32(19)21)13-1-3-14(4-2-13)22(33)30-17-9-16(34)5-6-28-17;1-4(2,5)3-6/h1-9,15,27H,10-12,34H2,(H2,26,29)(H,28,30,33);6H,3,5H2,1-2H3. The summed E-state index contributed by atoms with van der Waals surface area (Å²) >= 11 is 0. The quantitative estimate of drug-likeness (QED) is 0.229. The van der Waals surface area contributed by atoms with Crippen LogP contribution in [0.2, 0.25) is 0 Å². The number of aliphatic hydroxyl groups excluding tert-OH is 1. The summed E-state index contributed by atoms with van der Waals surface area (Å²) in [5, 5.41) is 14.7. The molecular weight excluding hydrogens is 537 g/mol. The number of hydrogen-bond donors (Lipinski definition) is 5. The number of anilines is 2. The van der Waals surface area contributed by atoms with E-state index in [9.17, 15) is 13.6 Å². The van der Waals surface area contributed by atoms with Gasteiger partial charge in [-0.2, -0.15) is 0 Å². The van der Waals surface area contributed by atoms with Crippen LogP contribution in [0.4, 0.5) is 20.4 Å². The Balaban J connectivity index is 0.000000557. The van der Waals surface area contributed by atoms with Crippen LogP contribution in [0, 0.1) is 0 Å². The number of aliphatic hydroxyl groups is 1. The molecule has 13 heteroatoms. The summed E-state index contributed by atoms with van der Waals surface area (Å²) in [6, 6.07) is 10.4. The number of hydrogen-bond acceptors (Lipinski definition) is 8. The SMILES string of the molecule is CC(C)(N)CO.Nc1nccn2c(C3CNCC(F)(F)C3)nc(-c3ccc(C(=O)Nc4cc(P)ccn4)cc3)c12. The minimum Gasteiger partial charge on any atom is -0.394 e. The van der Waals surface area contributed by atoms with Crippen molar-refractivity contribution in [2.45, 2.75) is 37.6 Å². The van der Waals surface area contributed by atoms with Gasteiger partial charge in [0.05, 0.1) is 13.2 Å². The zero-order chi connectivity index (χ0) is 29.1. The molecule has 1 aromatic carbocycles. The van der Waals surface area contributed by atoms with E-state index in [4.69, 9.17) is 21.6 Å². The summed E-state index contributed by atoms with van der Waals surface area (Å²) in [6.45, 7) is 3.64. The van der Waals surface area contributed by atoms with Crippen molar-refractivity contribution in [1.82, 2.24) is 24.7 Å². The van der Waals surface area contributed by atoms with E-state index < -0.39 is 17.4 Å². The van der Waals surface area contributed by atoms with Gasteiger partial charge in [0.1, 0.15) is 28.7 Å². The fraction of sp³-hybridized carbons (Fsp3) is 0.333. The van der Waals surface area contributed by atoms with Crippen LogP contribution in [-0.4, -0.2) is 61.5 Å². The van der Waals surface area contributed by atoms with Crippen LogP contribution in [-0.2, 0) is 0 Å². The number of nitrogens with two attached hydrogens (primary N) is 2. The van der Waals surface area contributed by atoms with E-state index in [1.54, 1.807) is 61.0 Å². The maximum absolute atomic E-state index is 14.1. The summed E-state index contributed by atoms with van der Waals surface area (Å²) in [4.78, 5) is 25.6. The number of halogens is 2. The molecule has 1 fully saturated rings. The third-order valence-electron chi connectivity index (χ3n) is 6.15. The average Bonchev–Trinajstić information content (AvgIpc) is 3.29. The van der Waals surface area contributed by atoms with Crippen LogP contribution in [0.3, 0.4) is 0 Å². The summed E-state index contributed by atoms with van der Waals surface area (Å²) in [6.07, 6.45) is 4.51. The lowest BCUT2D eigenvalue weighted by atomic mass is 9.96. The molecule has 3 aromatic heterocycles. The van der Waals surface area contributed by atoms with Gasteiger partial charge in [0.2, 0.25) is 0 Å². The Kier molecular flexibility index (Phi) is 8.74. The summed E-state index contributed by atoms with van der Waals surface area (Å²) in [5.41, 5.74) is 13.2. The van der Waals surface area contributed by atoms with Crippen molar-refractivity contribution in [3.8, 4) is 11.3 Å². The second kappa shape index (κ2) is 11.9. The first-order valence-corrected chi connectivity index (χ1v) is 13.2. The molecule has 1 amide bonds. The van der Waals surface area contributed by atoms with Crippen LogP contribution in [0.5, 0.6) is 0 Å². The van der Waals surface area contributed by atoms with Gasteiger partial charge in [-0.25, -0.2) is 23.7 Å². The van der Waals surface area contributed by atoms with Gasteiger partial charge in [-0.05, 0) is 43.4 Å². The van der Waals surface area contributed by atoms with Gasteiger partial charge in [-0.15, -0.1) is 9.24 Å². The zero-order valence-corrected chi connectivity index (χ0v) is 23.4. The fourth-order valence-electron chi connectivity index (χ4n) is 4.18. The number of imidazole rings is 1. The highest BCUT2D eigenvalue weighted by molar-refractivity contribution is 7.27. The smallest absolute Gasteiger partial charge is 0.261 e. The van der Waals surface area contributed by atoms with Crippen molar-refractivity contribution in [3.63, 3.8) is 0 Å². The van der Waals surface area contributed by atoms with E-state index in [-0.39, 0.29) is 31.3 Å². The summed E-state index contributed by atoms with van der Waals surface area (Å²) < 4.78 is 29.9. The van der Waals surface area contributed by atoms with Crippen molar-refractivity contribution in [2.24, 2.45) is 5.73 Å². The molecule has 0 spiro atoms. The van der Waals surface area contributed by atoms with E-state index in [1.165, 1.54) is 6.20 Å². The lowest BCUT2D eigenvalue weighted by Gasteiger charge is -2.29. The van der Waals surface area contributed by atoms with Crippen molar-refractivity contribution in [3.05, 3.63) is 66.4 Å². The number of rotatable bonds is 5. The van der Waals surface area contributed by atoms with E-state index in [2.05, 4.69) is 29.8 Å². The van der Waals surface area contributed by atoms with Gasteiger partial charge in [-0.1, -0.05) is 12.1 Å². The zero-order valence-electron chi connectivity index (χ0n) is 22.2. The van der Waals surface area contributed by atoms with Gasteiger partial charge >= 0.3 is 0 Å². The van der Waals surface area contributed by atoms with Crippen LogP contribution in [0.25, 0.3) is 16.8 Å². The largest absolute Gasteiger partial charge is 0.394 e. The van der Waals surface area contributed by atoms with Crippen LogP contribution in [0.15, 0.2) is 55.0 Å². The first kappa shape index (κ1) is 29.4. The molecule has 7 N–H and O–H groups in total. The number of carbonyl (C=O) groups is 1. The Morgan fingerprint density at radius 1 is 1.25 bits per heavy atom. The number of piperidine rings is 1. The Morgan fingerprint density at radius 2 is 1.95 bits per heavy atom. The number of carbonyl (C=O) groups excluding carboxylic acids is 1. The van der Waals surface area contributed by atoms with Crippen molar-refractivity contribution in [2.75, 3.05) is 30.7 Å². The maximum Gasteiger partial charge on any atom is 0.261 e. The number of pyridine rings is 1. The van der Waals surface area contributed by atoms with Gasteiger partial charge in [0.15, 0.2) is 0 Å². The highest BCUT2D eigenvalue weighted by Gasteiger charge is 2.39. The molecule has 40 heavy (non-hydrogen) atoms. The Hall–Kier alpha value is -3.57. The maximum atomic E-state index is 14.1. The Bertz CT molecular complexity index is 1490. The normalized spacial score (nSPS) is 16.7. The first-order chi connectivity index (χ1) is 18.9. The Labute approximate surface area is 232 Å². The van der Waals surface area contributed by atoms with Crippen molar-refractivity contribution < 1.29 is 18.7 Å². The number of fused-ring (bicyclic) bond motifs is 1. The molecule has 1 saturated heterocycles. The molecule has 4 aromatic rings. The van der Waals surface area contributed by atoms with Crippen LogP contribution >= 0.6 is 9.24 Å². The van der Waals surface area contributed by atoms with E-state index in [0.29, 0.717) is 40.5 Å². The van der Waals surface area contributed by atoms with Gasteiger partial charge in [-0.3, -0.25) is 9.20 Å². The average molecular weight is 571 g/mol. The molecule has 1 aliphatic rings. The molecule has 0 bridgehead atoms. The van der Waals surface area contributed by atoms with Crippen LogP contribution < -0.4 is 27.4 Å². The summed E-state index contributed by atoms with van der Waals surface area (Å²) in [7, 11) is 2.55. The van der Waals surface area contributed by atoms with Crippen molar-refractivity contribution >= 4 is 37.6 Å². The monoisotopic (exact) mass is 570 g/mol. The number of aromatic nitrogens is 4. The first-order valence-electron chi connectivity index (χ1n) is 12.6. The lowest BCUT2D eigenvalue weighted by Crippen LogP contribution is -2.43. The number of nitrogens with zero attached hydrogens (tertiary/aromatic N) is 4.